The highest BCUT2D eigenvalue weighted by atomic mass is 19.4. The summed E-state index contributed by atoms with van der Waals surface area (Å²) in [6.45, 7) is 4.40. The Morgan fingerprint density at radius 3 is 2.48 bits per heavy atom. The van der Waals surface area contributed by atoms with Crippen molar-refractivity contribution in [3.8, 4) is 0 Å². The molecule has 4 nitrogen and oxygen atoms in total. The maximum absolute atomic E-state index is 13.0. The van der Waals surface area contributed by atoms with Crippen LogP contribution in [-0.2, 0) is 16.6 Å². The Bertz CT molecular complexity index is 939. The Morgan fingerprint density at radius 2 is 1.83 bits per heavy atom. The number of hydrogen-bond donors (Lipinski definition) is 1. The van der Waals surface area contributed by atoms with Crippen LogP contribution >= 0.6 is 0 Å². The van der Waals surface area contributed by atoms with Gasteiger partial charge in [0.1, 0.15) is 0 Å². The van der Waals surface area contributed by atoms with Gasteiger partial charge in [0.2, 0.25) is 0 Å². The molecule has 1 N–H and O–H groups in total. The Kier molecular flexibility index (Phi) is 5.54. The maximum atomic E-state index is 13.0. The van der Waals surface area contributed by atoms with Crippen LogP contribution in [0.1, 0.15) is 48.2 Å². The molecule has 1 amide bonds. The third kappa shape index (κ3) is 4.05. The molecule has 0 bridgehead atoms. The first kappa shape index (κ1) is 21.0. The monoisotopic (exact) mass is 405 g/mol. The van der Waals surface area contributed by atoms with Crippen molar-refractivity contribution in [3.05, 3.63) is 65.2 Å². The molecule has 0 saturated carbocycles. The summed E-state index contributed by atoms with van der Waals surface area (Å²) in [6, 6.07) is 10.7. The largest absolute Gasteiger partial charge is 0.416 e. The molecular formula is C22H22F3NO3. The van der Waals surface area contributed by atoms with E-state index in [9.17, 15) is 27.9 Å². The summed E-state index contributed by atoms with van der Waals surface area (Å²) in [5.74, 6) is -1.03. The average Bonchev–Trinajstić information content (AvgIpc) is 2.87. The van der Waals surface area contributed by atoms with Crippen LogP contribution in [-0.4, -0.2) is 23.3 Å². The number of aliphatic hydroxyl groups is 1. The number of carbonyl (C=O) groups excluding carboxylic acids is 2. The molecule has 0 aromatic heterocycles. The van der Waals surface area contributed by atoms with Gasteiger partial charge in [-0.15, -0.1) is 0 Å². The number of benzene rings is 2. The maximum Gasteiger partial charge on any atom is 0.416 e. The van der Waals surface area contributed by atoms with Gasteiger partial charge in [0, 0.05) is 17.7 Å². The van der Waals surface area contributed by atoms with Crippen molar-refractivity contribution in [2.24, 2.45) is 5.92 Å². The smallest absolute Gasteiger partial charge is 0.375 e. The van der Waals surface area contributed by atoms with Gasteiger partial charge in [-0.2, -0.15) is 13.2 Å². The standard InChI is InChI=1S/C22H22F3NO3/c1-14(2)10-11-26-18-9-4-3-8-17(18)21(29,20(26)28)13-19(27)15-6-5-7-16(12-15)22(23,24)25/h3-9,12,14,29H,10-11,13H2,1-2H3/t21-/m1/s1. The molecule has 0 fully saturated rings. The van der Waals surface area contributed by atoms with E-state index in [0.717, 1.165) is 18.2 Å². The summed E-state index contributed by atoms with van der Waals surface area (Å²) < 4.78 is 38.9. The second-order valence-electron chi connectivity index (χ2n) is 7.70. The van der Waals surface area contributed by atoms with E-state index in [-0.39, 0.29) is 5.56 Å². The van der Waals surface area contributed by atoms with Crippen molar-refractivity contribution in [1.82, 2.24) is 0 Å². The number of alkyl halides is 3. The van der Waals surface area contributed by atoms with Crippen LogP contribution in [0, 0.1) is 5.92 Å². The van der Waals surface area contributed by atoms with Gasteiger partial charge in [0.05, 0.1) is 17.7 Å². The lowest BCUT2D eigenvalue weighted by Gasteiger charge is -2.23. The van der Waals surface area contributed by atoms with Crippen molar-refractivity contribution in [3.63, 3.8) is 0 Å². The minimum absolute atomic E-state index is 0.195. The highest BCUT2D eigenvalue weighted by Gasteiger charge is 2.50. The number of ketones is 1. The van der Waals surface area contributed by atoms with Gasteiger partial charge in [-0.25, -0.2) is 0 Å². The van der Waals surface area contributed by atoms with Gasteiger partial charge in [0.25, 0.3) is 5.91 Å². The van der Waals surface area contributed by atoms with Crippen molar-refractivity contribution in [2.45, 2.75) is 38.5 Å². The van der Waals surface area contributed by atoms with Crippen LogP contribution in [0.5, 0.6) is 0 Å². The van der Waals surface area contributed by atoms with Crippen molar-refractivity contribution in [2.75, 3.05) is 11.4 Å². The van der Waals surface area contributed by atoms with E-state index in [0.29, 0.717) is 30.1 Å². The van der Waals surface area contributed by atoms with Crippen LogP contribution in [0.25, 0.3) is 0 Å². The number of carbonyl (C=O) groups is 2. The highest BCUT2D eigenvalue weighted by molar-refractivity contribution is 6.10. The number of anilines is 1. The van der Waals surface area contributed by atoms with Crippen LogP contribution in [0.3, 0.4) is 0 Å². The minimum Gasteiger partial charge on any atom is -0.375 e. The summed E-state index contributed by atoms with van der Waals surface area (Å²) in [4.78, 5) is 27.2. The highest BCUT2D eigenvalue weighted by Crippen LogP contribution is 2.43. The van der Waals surface area contributed by atoms with E-state index in [4.69, 9.17) is 0 Å². The van der Waals surface area contributed by atoms with Crippen molar-refractivity contribution in [1.29, 1.82) is 0 Å². The molecule has 1 aliphatic rings. The topological polar surface area (TPSA) is 57.6 Å². The summed E-state index contributed by atoms with van der Waals surface area (Å²) >= 11 is 0. The third-order valence-corrected chi connectivity index (χ3v) is 5.10. The Morgan fingerprint density at radius 1 is 1.14 bits per heavy atom. The summed E-state index contributed by atoms with van der Waals surface area (Å²) in [5.41, 5.74) is -2.42. The fraction of sp³-hybridized carbons (Fsp3) is 0.364. The van der Waals surface area contributed by atoms with E-state index in [1.165, 1.54) is 11.0 Å². The molecule has 2 aromatic carbocycles. The molecular weight excluding hydrogens is 383 g/mol. The van der Waals surface area contributed by atoms with Crippen LogP contribution < -0.4 is 4.90 Å². The number of amides is 1. The molecule has 7 heteroatoms. The normalized spacial score (nSPS) is 19.0. The molecule has 29 heavy (non-hydrogen) atoms. The van der Waals surface area contributed by atoms with E-state index >= 15 is 0 Å². The first-order valence-corrected chi connectivity index (χ1v) is 9.38. The van der Waals surface area contributed by atoms with E-state index in [1.807, 2.05) is 13.8 Å². The number of Topliss-reactive ketones (excluding diaryl/α,β-unsaturated/α-hetero) is 1. The molecule has 0 unspecified atom stereocenters. The molecule has 154 valence electrons. The molecule has 1 atom stereocenters. The SMILES string of the molecule is CC(C)CCN1C(=O)[C@@](O)(CC(=O)c2cccc(C(F)(F)F)c2)c2ccccc21. The Labute approximate surface area is 167 Å². The van der Waals surface area contributed by atoms with E-state index in [1.54, 1.807) is 24.3 Å². The molecule has 1 aliphatic heterocycles. The van der Waals surface area contributed by atoms with Crippen LogP contribution in [0.4, 0.5) is 18.9 Å². The zero-order chi connectivity index (χ0) is 21.4. The number of halogens is 3. The van der Waals surface area contributed by atoms with Gasteiger partial charge >= 0.3 is 6.18 Å². The second kappa shape index (κ2) is 7.63. The van der Waals surface area contributed by atoms with E-state index < -0.39 is 35.5 Å². The Balaban J connectivity index is 1.92. The number of para-hydroxylation sites is 1. The predicted octanol–water partition coefficient (Wildman–Crippen LogP) is 4.56. The van der Waals surface area contributed by atoms with Crippen molar-refractivity contribution >= 4 is 17.4 Å². The number of rotatable bonds is 6. The lowest BCUT2D eigenvalue weighted by Crippen LogP contribution is -2.42. The molecule has 0 spiro atoms. The zero-order valence-electron chi connectivity index (χ0n) is 16.2. The van der Waals surface area contributed by atoms with E-state index in [2.05, 4.69) is 0 Å². The van der Waals surface area contributed by atoms with Crippen molar-refractivity contribution < 1.29 is 27.9 Å². The van der Waals surface area contributed by atoms with Gasteiger partial charge in [0.15, 0.2) is 11.4 Å². The molecule has 0 radical (unpaired) electrons. The quantitative estimate of drug-likeness (QED) is 0.717. The first-order chi connectivity index (χ1) is 13.5. The predicted molar refractivity (Wildman–Crippen MR) is 103 cm³/mol. The Hall–Kier alpha value is -2.67. The van der Waals surface area contributed by atoms with Crippen LogP contribution in [0.2, 0.25) is 0 Å². The molecule has 1 heterocycles. The summed E-state index contributed by atoms with van der Waals surface area (Å²) in [5, 5.41) is 11.2. The lowest BCUT2D eigenvalue weighted by molar-refractivity contribution is -0.137. The zero-order valence-corrected chi connectivity index (χ0v) is 16.2. The number of nitrogens with zero attached hydrogens (tertiary/aromatic N) is 1. The lowest BCUT2D eigenvalue weighted by atomic mass is 9.88. The molecule has 0 aliphatic carbocycles. The second-order valence-corrected chi connectivity index (χ2v) is 7.70. The van der Waals surface area contributed by atoms with Crippen LogP contribution in [0.15, 0.2) is 48.5 Å². The average molecular weight is 405 g/mol. The van der Waals surface area contributed by atoms with Gasteiger partial charge in [-0.05, 0) is 30.5 Å². The summed E-state index contributed by atoms with van der Waals surface area (Å²) in [6.07, 6.45) is -4.50. The minimum atomic E-state index is -4.59. The summed E-state index contributed by atoms with van der Waals surface area (Å²) in [7, 11) is 0. The van der Waals surface area contributed by atoms with Gasteiger partial charge in [-0.1, -0.05) is 44.2 Å². The fourth-order valence-corrected chi connectivity index (χ4v) is 3.49. The van der Waals surface area contributed by atoms with Gasteiger partial charge in [-0.3, -0.25) is 9.59 Å². The first-order valence-electron chi connectivity index (χ1n) is 9.38. The van der Waals surface area contributed by atoms with Gasteiger partial charge < -0.3 is 10.0 Å². The number of hydrogen-bond acceptors (Lipinski definition) is 3. The molecule has 2 aromatic rings. The fourth-order valence-electron chi connectivity index (χ4n) is 3.49. The molecule has 0 saturated heterocycles. The number of fused-ring (bicyclic) bond motifs is 1. The third-order valence-electron chi connectivity index (χ3n) is 5.10. The molecule has 3 rings (SSSR count).